The van der Waals surface area contributed by atoms with Crippen molar-refractivity contribution in [3.05, 3.63) is 24.3 Å². The van der Waals surface area contributed by atoms with Crippen LogP contribution >= 0.6 is 0 Å². The summed E-state index contributed by atoms with van der Waals surface area (Å²) in [5.41, 5.74) is 0. The summed E-state index contributed by atoms with van der Waals surface area (Å²) in [6, 6.07) is 0. The Morgan fingerprint density at radius 3 is 2.38 bits per heavy atom. The van der Waals surface area contributed by atoms with Crippen molar-refractivity contribution in [2.24, 2.45) is 0 Å². The predicted octanol–water partition coefficient (Wildman–Crippen LogP) is 4.57. The van der Waals surface area contributed by atoms with E-state index >= 15 is 0 Å². The molecule has 120 valence electrons. The second-order valence-electron chi connectivity index (χ2n) is 5.47. The van der Waals surface area contributed by atoms with Gasteiger partial charge in [0.2, 0.25) is 0 Å². The van der Waals surface area contributed by atoms with Gasteiger partial charge in [-0.05, 0) is 38.5 Å². The maximum atomic E-state index is 11.8. The van der Waals surface area contributed by atoms with Crippen molar-refractivity contribution in [3.8, 4) is 0 Å². The van der Waals surface area contributed by atoms with E-state index in [-0.39, 0.29) is 18.2 Å². The van der Waals surface area contributed by atoms with Gasteiger partial charge in [-0.2, -0.15) is 0 Å². The van der Waals surface area contributed by atoms with E-state index in [9.17, 15) is 4.79 Å². The van der Waals surface area contributed by atoms with Crippen LogP contribution in [-0.4, -0.2) is 24.8 Å². The van der Waals surface area contributed by atoms with Crippen LogP contribution in [0.1, 0.15) is 65.2 Å². The zero-order valence-corrected chi connectivity index (χ0v) is 13.6. The summed E-state index contributed by atoms with van der Waals surface area (Å²) in [6.45, 7) is 4.89. The third kappa shape index (κ3) is 8.05. The van der Waals surface area contributed by atoms with Crippen molar-refractivity contribution in [1.82, 2.24) is 0 Å². The van der Waals surface area contributed by atoms with Gasteiger partial charge in [-0.3, -0.25) is 4.79 Å². The largest absolute Gasteiger partial charge is 0.459 e. The van der Waals surface area contributed by atoms with Gasteiger partial charge in [-0.15, -0.1) is 0 Å². The van der Waals surface area contributed by atoms with Gasteiger partial charge in [0.05, 0.1) is 19.1 Å². The highest BCUT2D eigenvalue weighted by Crippen LogP contribution is 2.24. The van der Waals surface area contributed by atoms with Crippen molar-refractivity contribution in [2.45, 2.75) is 77.4 Å². The van der Waals surface area contributed by atoms with Crippen LogP contribution in [0.4, 0.5) is 0 Å². The van der Waals surface area contributed by atoms with Crippen molar-refractivity contribution in [3.63, 3.8) is 0 Å². The molecule has 0 aromatic carbocycles. The maximum Gasteiger partial charge on any atom is 0.309 e. The molecule has 0 saturated heterocycles. The lowest BCUT2D eigenvalue weighted by Gasteiger charge is -2.31. The Hall–Kier alpha value is -1.09. The Balaban J connectivity index is 2.32. The molecule has 1 aliphatic rings. The second kappa shape index (κ2) is 11.6. The molecule has 3 nitrogen and oxygen atoms in total. The van der Waals surface area contributed by atoms with Gasteiger partial charge in [-0.1, -0.05) is 44.6 Å². The first-order valence-corrected chi connectivity index (χ1v) is 8.39. The molecule has 2 atom stereocenters. The van der Waals surface area contributed by atoms with E-state index in [1.807, 2.05) is 12.2 Å². The maximum absolute atomic E-state index is 11.8. The van der Waals surface area contributed by atoms with Crippen LogP contribution in [-0.2, 0) is 14.3 Å². The fourth-order valence-corrected chi connectivity index (χ4v) is 2.52. The highest BCUT2D eigenvalue weighted by molar-refractivity contribution is 5.71. The molecule has 1 aliphatic carbocycles. The summed E-state index contributed by atoms with van der Waals surface area (Å²) < 4.78 is 11.5. The van der Waals surface area contributed by atoms with E-state index in [1.54, 1.807) is 0 Å². The van der Waals surface area contributed by atoms with Crippen LogP contribution in [0.5, 0.6) is 0 Å². The number of carbonyl (C=O) groups excluding carboxylic acids is 1. The second-order valence-corrected chi connectivity index (χ2v) is 5.47. The number of hydrogen-bond donors (Lipinski definition) is 0. The smallest absolute Gasteiger partial charge is 0.309 e. The molecule has 0 amide bonds. The number of ether oxygens (including phenoxy) is 2. The van der Waals surface area contributed by atoms with Gasteiger partial charge >= 0.3 is 5.97 Å². The number of allylic oxidation sites excluding steroid dienone is 2. The van der Waals surface area contributed by atoms with Gasteiger partial charge in [0.25, 0.3) is 0 Å². The third-order valence-corrected chi connectivity index (χ3v) is 3.63. The zero-order chi connectivity index (χ0) is 15.3. The Kier molecular flexibility index (Phi) is 9.88. The topological polar surface area (TPSA) is 35.5 Å². The number of rotatable bonds is 9. The Bertz CT molecular complexity index is 333. The summed E-state index contributed by atoms with van der Waals surface area (Å²) in [5, 5.41) is 0. The summed E-state index contributed by atoms with van der Waals surface area (Å²) >= 11 is 0. The van der Waals surface area contributed by atoms with E-state index in [0.29, 0.717) is 13.0 Å². The quantitative estimate of drug-likeness (QED) is 0.355. The molecule has 0 aliphatic heterocycles. The standard InChI is InChI=1S/C18H30O3/c1-3-5-7-11-15-20-16-12-9-10-13-17(16)21-18(19)14-8-6-4-2/h5-8,16-17H,3-4,9-15H2,1-2H3. The van der Waals surface area contributed by atoms with Crippen LogP contribution < -0.4 is 0 Å². The van der Waals surface area contributed by atoms with Crippen molar-refractivity contribution in [2.75, 3.05) is 6.61 Å². The predicted molar refractivity (Wildman–Crippen MR) is 86.2 cm³/mol. The number of esters is 1. The highest BCUT2D eigenvalue weighted by atomic mass is 16.6. The Morgan fingerprint density at radius 1 is 1.00 bits per heavy atom. The monoisotopic (exact) mass is 294 g/mol. The highest BCUT2D eigenvalue weighted by Gasteiger charge is 2.28. The average Bonchev–Trinajstić information content (AvgIpc) is 2.49. The SMILES string of the molecule is CCC=CCCOC1CCCCC1OC(=O)CC=CCC. The lowest BCUT2D eigenvalue weighted by molar-refractivity contribution is -0.160. The summed E-state index contributed by atoms with van der Waals surface area (Å²) in [7, 11) is 0. The normalized spacial score (nSPS) is 23.0. The number of carbonyl (C=O) groups is 1. The molecule has 0 bridgehead atoms. The van der Waals surface area contributed by atoms with Gasteiger partial charge < -0.3 is 9.47 Å². The van der Waals surface area contributed by atoms with Gasteiger partial charge in [0.1, 0.15) is 6.10 Å². The van der Waals surface area contributed by atoms with Gasteiger partial charge in [-0.25, -0.2) is 0 Å². The minimum atomic E-state index is -0.133. The molecular formula is C18H30O3. The summed E-state index contributed by atoms with van der Waals surface area (Å²) in [5.74, 6) is -0.133. The molecule has 2 unspecified atom stereocenters. The molecule has 1 saturated carbocycles. The van der Waals surface area contributed by atoms with E-state index in [4.69, 9.17) is 9.47 Å². The third-order valence-electron chi connectivity index (χ3n) is 3.63. The van der Waals surface area contributed by atoms with Crippen LogP contribution in [0, 0.1) is 0 Å². The fourth-order valence-electron chi connectivity index (χ4n) is 2.52. The summed E-state index contributed by atoms with van der Waals surface area (Å²) in [4.78, 5) is 11.8. The molecule has 0 radical (unpaired) electrons. The zero-order valence-electron chi connectivity index (χ0n) is 13.6. The minimum Gasteiger partial charge on any atom is -0.459 e. The van der Waals surface area contributed by atoms with Crippen LogP contribution in [0.15, 0.2) is 24.3 Å². The molecule has 0 aromatic rings. The molecule has 3 heteroatoms. The average molecular weight is 294 g/mol. The van der Waals surface area contributed by atoms with Crippen molar-refractivity contribution in [1.29, 1.82) is 0 Å². The molecule has 0 spiro atoms. The first kappa shape index (κ1) is 18.0. The first-order chi connectivity index (χ1) is 10.3. The minimum absolute atomic E-state index is 0.0589. The van der Waals surface area contributed by atoms with Crippen LogP contribution in [0.2, 0.25) is 0 Å². The van der Waals surface area contributed by atoms with Crippen LogP contribution in [0.3, 0.4) is 0 Å². The van der Waals surface area contributed by atoms with E-state index < -0.39 is 0 Å². The van der Waals surface area contributed by atoms with Gasteiger partial charge in [0.15, 0.2) is 0 Å². The summed E-state index contributed by atoms with van der Waals surface area (Å²) in [6.07, 6.45) is 15.7. The van der Waals surface area contributed by atoms with E-state index in [0.717, 1.165) is 38.5 Å². The van der Waals surface area contributed by atoms with E-state index in [2.05, 4.69) is 26.0 Å². The molecule has 1 fully saturated rings. The molecular weight excluding hydrogens is 264 g/mol. The van der Waals surface area contributed by atoms with Gasteiger partial charge in [0, 0.05) is 0 Å². The Labute approximate surface area is 129 Å². The molecule has 0 N–H and O–H groups in total. The molecule has 1 rings (SSSR count). The lowest BCUT2D eigenvalue weighted by Crippen LogP contribution is -2.36. The Morgan fingerprint density at radius 2 is 1.67 bits per heavy atom. The molecule has 0 heterocycles. The van der Waals surface area contributed by atoms with Crippen LogP contribution in [0.25, 0.3) is 0 Å². The fraction of sp³-hybridized carbons (Fsp3) is 0.722. The van der Waals surface area contributed by atoms with Crippen molar-refractivity contribution >= 4 is 5.97 Å². The molecule has 21 heavy (non-hydrogen) atoms. The van der Waals surface area contributed by atoms with E-state index in [1.165, 1.54) is 6.42 Å². The van der Waals surface area contributed by atoms with Crippen molar-refractivity contribution < 1.29 is 14.3 Å². The first-order valence-electron chi connectivity index (χ1n) is 8.39. The number of hydrogen-bond acceptors (Lipinski definition) is 3. The molecule has 0 aromatic heterocycles. The lowest BCUT2D eigenvalue weighted by atomic mass is 9.94.